The molecule has 9 heteroatoms. The van der Waals surface area contributed by atoms with E-state index in [1.54, 1.807) is 18.2 Å². The minimum Gasteiger partial charge on any atom is -0.355 e. The van der Waals surface area contributed by atoms with Crippen molar-refractivity contribution in [3.05, 3.63) is 76.3 Å². The number of benzene rings is 1. The van der Waals surface area contributed by atoms with Crippen LogP contribution in [0.2, 0.25) is 0 Å². The summed E-state index contributed by atoms with van der Waals surface area (Å²) < 4.78 is 41.7. The van der Waals surface area contributed by atoms with Gasteiger partial charge in [-0.1, -0.05) is 12.1 Å². The van der Waals surface area contributed by atoms with E-state index >= 15 is 0 Å². The van der Waals surface area contributed by atoms with Crippen molar-refractivity contribution in [3.8, 4) is 0 Å². The zero-order valence-corrected chi connectivity index (χ0v) is 19.7. The van der Waals surface area contributed by atoms with Crippen LogP contribution in [0.1, 0.15) is 36.3 Å². The van der Waals surface area contributed by atoms with E-state index < -0.39 is 23.4 Å². The number of aromatic amines is 1. The second-order valence-corrected chi connectivity index (χ2v) is 9.57. The Kier molecular flexibility index (Phi) is 6.98. The van der Waals surface area contributed by atoms with Gasteiger partial charge in [0, 0.05) is 48.9 Å². The van der Waals surface area contributed by atoms with Crippen molar-refractivity contribution in [2.45, 2.75) is 43.8 Å². The van der Waals surface area contributed by atoms with Crippen molar-refractivity contribution in [2.24, 2.45) is 5.41 Å². The summed E-state index contributed by atoms with van der Waals surface area (Å²) in [5.41, 5.74) is 0.189. The number of nitrogens with zero attached hydrogens (tertiary/aromatic N) is 2. The van der Waals surface area contributed by atoms with E-state index in [-0.39, 0.29) is 30.9 Å². The van der Waals surface area contributed by atoms with Crippen LogP contribution in [0.15, 0.2) is 59.7 Å². The van der Waals surface area contributed by atoms with Crippen LogP contribution >= 0.6 is 0 Å². The Morgan fingerprint density at radius 2 is 1.97 bits per heavy atom. The Morgan fingerprint density at radius 1 is 1.20 bits per heavy atom. The zero-order valence-electron chi connectivity index (χ0n) is 19.7. The maximum Gasteiger partial charge on any atom is 0.395 e. The standard InChI is InChI=1S/C26H29F3N4O2/c1-33(2)20(13-17-5-7-22-18(12-17)6-8-23(34)32-22)16-31-24(35)14-21(19-4-3-11-30-15-19)25(9-10-25)26(27,28)29/h3-8,11-12,15,20-21H,9-10,13-14,16H2,1-2H3,(H,31,35)(H,32,34)/t20-,21+/m0/s1. The van der Waals surface area contributed by atoms with Crippen LogP contribution in [0.25, 0.3) is 10.9 Å². The van der Waals surface area contributed by atoms with Crippen LogP contribution in [-0.2, 0) is 11.2 Å². The molecular formula is C26H29F3N4O2. The van der Waals surface area contributed by atoms with Gasteiger partial charge in [0.2, 0.25) is 11.5 Å². The minimum absolute atomic E-state index is 0.0247. The molecule has 0 spiro atoms. The SMILES string of the molecule is CN(C)[C@H](CNC(=O)C[C@H](c1cccnc1)C1(C(F)(F)F)CC1)Cc1ccc2[nH]c(=O)ccc2c1. The lowest BCUT2D eigenvalue weighted by molar-refractivity contribution is -0.194. The molecule has 1 aliphatic carbocycles. The number of hydrogen-bond acceptors (Lipinski definition) is 4. The molecule has 0 bridgehead atoms. The van der Waals surface area contributed by atoms with Gasteiger partial charge in [-0.2, -0.15) is 13.2 Å². The molecule has 1 saturated carbocycles. The smallest absolute Gasteiger partial charge is 0.355 e. The average Bonchev–Trinajstić information content (AvgIpc) is 3.63. The van der Waals surface area contributed by atoms with Gasteiger partial charge < -0.3 is 15.2 Å². The molecule has 186 valence electrons. The third-order valence-corrected chi connectivity index (χ3v) is 7.02. The number of nitrogens with one attached hydrogen (secondary N) is 2. The van der Waals surface area contributed by atoms with Crippen molar-refractivity contribution >= 4 is 16.8 Å². The Balaban J connectivity index is 1.44. The van der Waals surface area contributed by atoms with Gasteiger partial charge in [0.05, 0.1) is 5.41 Å². The lowest BCUT2D eigenvalue weighted by Gasteiger charge is -2.30. The Morgan fingerprint density at radius 3 is 2.60 bits per heavy atom. The summed E-state index contributed by atoms with van der Waals surface area (Å²) in [5.74, 6) is -1.37. The van der Waals surface area contributed by atoms with E-state index in [1.165, 1.54) is 18.5 Å². The fraction of sp³-hybridized carbons (Fsp3) is 0.423. The topological polar surface area (TPSA) is 78.1 Å². The van der Waals surface area contributed by atoms with Crippen LogP contribution in [0.5, 0.6) is 0 Å². The van der Waals surface area contributed by atoms with Gasteiger partial charge in [0.1, 0.15) is 0 Å². The Hall–Kier alpha value is -3.20. The molecule has 6 nitrogen and oxygen atoms in total. The van der Waals surface area contributed by atoms with Crippen molar-refractivity contribution in [2.75, 3.05) is 20.6 Å². The molecular weight excluding hydrogens is 457 g/mol. The summed E-state index contributed by atoms with van der Waals surface area (Å²) in [7, 11) is 3.80. The first-order valence-corrected chi connectivity index (χ1v) is 11.6. The number of rotatable bonds is 9. The number of hydrogen-bond donors (Lipinski definition) is 2. The number of carbonyl (C=O) groups is 1. The van der Waals surface area contributed by atoms with Crippen LogP contribution in [0, 0.1) is 5.41 Å². The molecule has 2 heterocycles. The normalized spacial score (nSPS) is 16.7. The van der Waals surface area contributed by atoms with E-state index in [2.05, 4.69) is 15.3 Å². The first-order valence-electron chi connectivity index (χ1n) is 11.6. The molecule has 0 saturated heterocycles. The molecule has 1 aliphatic rings. The fourth-order valence-corrected chi connectivity index (χ4v) is 4.71. The molecule has 1 aromatic carbocycles. The lowest BCUT2D eigenvalue weighted by atomic mass is 9.80. The van der Waals surface area contributed by atoms with E-state index in [4.69, 9.17) is 0 Å². The molecule has 1 fully saturated rings. The number of pyridine rings is 2. The fourth-order valence-electron chi connectivity index (χ4n) is 4.71. The average molecular weight is 487 g/mol. The quantitative estimate of drug-likeness (QED) is 0.479. The molecule has 1 amide bonds. The summed E-state index contributed by atoms with van der Waals surface area (Å²) in [6.45, 7) is 0.300. The number of likely N-dealkylation sites (N-methyl/N-ethyl adjacent to an activating group) is 1. The van der Waals surface area contributed by atoms with Crippen LogP contribution in [-0.4, -0.2) is 53.6 Å². The molecule has 35 heavy (non-hydrogen) atoms. The maximum atomic E-state index is 13.9. The highest BCUT2D eigenvalue weighted by Crippen LogP contribution is 2.66. The molecule has 3 aromatic rings. The van der Waals surface area contributed by atoms with Crippen molar-refractivity contribution in [1.82, 2.24) is 20.2 Å². The Bertz CT molecular complexity index is 1240. The first-order chi connectivity index (χ1) is 16.6. The number of carbonyl (C=O) groups excluding carboxylic acids is 1. The molecule has 0 aliphatic heterocycles. The summed E-state index contributed by atoms with van der Waals surface area (Å²) in [4.78, 5) is 33.1. The monoisotopic (exact) mass is 486 g/mol. The maximum absolute atomic E-state index is 13.9. The summed E-state index contributed by atoms with van der Waals surface area (Å²) in [6, 6.07) is 12.2. The number of aromatic nitrogens is 2. The Labute approximate surface area is 201 Å². The summed E-state index contributed by atoms with van der Waals surface area (Å²) >= 11 is 0. The van der Waals surface area contributed by atoms with Crippen molar-refractivity contribution < 1.29 is 18.0 Å². The van der Waals surface area contributed by atoms with Crippen LogP contribution in [0.4, 0.5) is 13.2 Å². The predicted octanol–water partition coefficient (Wildman–Crippen LogP) is 4.03. The van der Waals surface area contributed by atoms with Crippen LogP contribution < -0.4 is 10.9 Å². The van der Waals surface area contributed by atoms with Gasteiger partial charge in [-0.15, -0.1) is 0 Å². The van der Waals surface area contributed by atoms with E-state index in [0.29, 0.717) is 18.5 Å². The zero-order chi connectivity index (χ0) is 25.2. The highest BCUT2D eigenvalue weighted by atomic mass is 19.4. The van der Waals surface area contributed by atoms with Crippen LogP contribution in [0.3, 0.4) is 0 Å². The highest BCUT2D eigenvalue weighted by Gasteiger charge is 2.67. The molecule has 0 unspecified atom stereocenters. The summed E-state index contributed by atoms with van der Waals surface area (Å²) in [6.07, 6.45) is -0.997. The lowest BCUT2D eigenvalue weighted by Crippen LogP contribution is -2.42. The summed E-state index contributed by atoms with van der Waals surface area (Å²) in [5, 5.41) is 3.77. The van der Waals surface area contributed by atoms with E-state index in [0.717, 1.165) is 16.5 Å². The van der Waals surface area contributed by atoms with Gasteiger partial charge in [0.25, 0.3) is 0 Å². The number of fused-ring (bicyclic) bond motifs is 1. The molecule has 2 atom stereocenters. The molecule has 0 radical (unpaired) electrons. The molecule has 4 rings (SSSR count). The van der Waals surface area contributed by atoms with Gasteiger partial charge in [-0.3, -0.25) is 14.6 Å². The number of amides is 1. The minimum atomic E-state index is -4.37. The third-order valence-electron chi connectivity index (χ3n) is 7.02. The highest BCUT2D eigenvalue weighted by molar-refractivity contribution is 5.79. The van der Waals surface area contributed by atoms with Gasteiger partial charge in [-0.25, -0.2) is 0 Å². The van der Waals surface area contributed by atoms with Gasteiger partial charge in [-0.05, 0) is 74.1 Å². The molecule has 2 aromatic heterocycles. The van der Waals surface area contributed by atoms with Crippen molar-refractivity contribution in [3.63, 3.8) is 0 Å². The second-order valence-electron chi connectivity index (χ2n) is 9.57. The van der Waals surface area contributed by atoms with Crippen molar-refractivity contribution in [1.29, 1.82) is 0 Å². The van der Waals surface area contributed by atoms with Gasteiger partial charge >= 0.3 is 6.18 Å². The second kappa shape index (κ2) is 9.81. The van der Waals surface area contributed by atoms with E-state index in [9.17, 15) is 22.8 Å². The van der Waals surface area contributed by atoms with E-state index in [1.807, 2.05) is 37.2 Å². The largest absolute Gasteiger partial charge is 0.395 e. The first kappa shape index (κ1) is 24.9. The number of alkyl halides is 3. The predicted molar refractivity (Wildman–Crippen MR) is 128 cm³/mol. The number of H-pyrrole nitrogens is 1. The number of halogens is 3. The third kappa shape index (κ3) is 5.56. The van der Waals surface area contributed by atoms with Gasteiger partial charge in [0.15, 0.2) is 0 Å². The molecule has 2 N–H and O–H groups in total.